The third-order valence-corrected chi connectivity index (χ3v) is 4.06. The van der Waals surface area contributed by atoms with E-state index in [-0.39, 0.29) is 11.8 Å². The van der Waals surface area contributed by atoms with Crippen molar-refractivity contribution in [2.45, 2.75) is 13.0 Å². The van der Waals surface area contributed by atoms with Gasteiger partial charge in [0.2, 0.25) is 5.91 Å². The van der Waals surface area contributed by atoms with Crippen LogP contribution in [-0.4, -0.2) is 28.1 Å². The fraction of sp³-hybridized carbons (Fsp3) is 0.133. The summed E-state index contributed by atoms with van der Waals surface area (Å²) in [5, 5.41) is 15.0. The van der Waals surface area contributed by atoms with Crippen LogP contribution in [0.25, 0.3) is 10.9 Å². The lowest BCUT2D eigenvalue weighted by molar-refractivity contribution is -0.117. The van der Waals surface area contributed by atoms with Gasteiger partial charge in [-0.1, -0.05) is 6.07 Å². The van der Waals surface area contributed by atoms with Crippen LogP contribution in [0, 0.1) is 0 Å². The summed E-state index contributed by atoms with van der Waals surface area (Å²) in [6, 6.07) is 8.33. The molecule has 1 atom stereocenters. The van der Waals surface area contributed by atoms with Gasteiger partial charge in [-0.25, -0.2) is 0 Å². The molecule has 2 heterocycles. The Morgan fingerprint density at radius 2 is 2.18 bits per heavy atom. The highest BCUT2D eigenvalue weighted by molar-refractivity contribution is 7.12. The predicted octanol–water partition coefficient (Wildman–Crippen LogP) is 2.38. The Hall–Kier alpha value is -2.67. The second-order valence-corrected chi connectivity index (χ2v) is 5.78. The van der Waals surface area contributed by atoms with Crippen LogP contribution >= 0.6 is 11.3 Å². The fourth-order valence-electron chi connectivity index (χ4n) is 2.01. The lowest BCUT2D eigenvalue weighted by Crippen LogP contribution is -2.41. The molecule has 22 heavy (non-hydrogen) atoms. The number of rotatable bonds is 4. The minimum absolute atomic E-state index is 0.247. The Kier molecular flexibility index (Phi) is 3.88. The summed E-state index contributed by atoms with van der Waals surface area (Å²) in [5.74, 6) is -0.518. The van der Waals surface area contributed by atoms with Crippen molar-refractivity contribution in [3.8, 4) is 0 Å². The van der Waals surface area contributed by atoms with Crippen LogP contribution in [-0.2, 0) is 4.79 Å². The number of aromatic nitrogens is 2. The van der Waals surface area contributed by atoms with E-state index in [1.807, 2.05) is 17.5 Å². The second kappa shape index (κ2) is 5.98. The van der Waals surface area contributed by atoms with E-state index in [2.05, 4.69) is 20.8 Å². The standard InChI is InChI=1S/C15H14N4O2S/c1-9(17-15(21)13-3-2-6-22-13)14(20)18-11-4-5-12-10(7-11)8-16-19-12/h2-9H,1H3,(H,16,19)(H,17,21)(H,18,20). The highest BCUT2D eigenvalue weighted by Crippen LogP contribution is 2.17. The van der Waals surface area contributed by atoms with Gasteiger partial charge < -0.3 is 10.6 Å². The molecule has 0 radical (unpaired) electrons. The van der Waals surface area contributed by atoms with Crippen LogP contribution < -0.4 is 10.6 Å². The molecule has 7 heteroatoms. The number of hydrogen-bond acceptors (Lipinski definition) is 4. The first-order valence-electron chi connectivity index (χ1n) is 6.72. The molecular formula is C15H14N4O2S. The summed E-state index contributed by atoms with van der Waals surface area (Å²) in [7, 11) is 0. The molecule has 0 saturated carbocycles. The number of anilines is 1. The number of thiophene rings is 1. The highest BCUT2D eigenvalue weighted by Gasteiger charge is 2.17. The van der Waals surface area contributed by atoms with Crippen molar-refractivity contribution >= 4 is 39.7 Å². The summed E-state index contributed by atoms with van der Waals surface area (Å²) in [6.45, 7) is 1.65. The van der Waals surface area contributed by atoms with E-state index in [4.69, 9.17) is 0 Å². The first kappa shape index (κ1) is 14.3. The SMILES string of the molecule is CC(NC(=O)c1cccs1)C(=O)Nc1ccc2[nH]ncc2c1. The van der Waals surface area contributed by atoms with Crippen molar-refractivity contribution in [1.82, 2.24) is 15.5 Å². The molecule has 2 amide bonds. The van der Waals surface area contributed by atoms with E-state index >= 15 is 0 Å². The van der Waals surface area contributed by atoms with Gasteiger partial charge >= 0.3 is 0 Å². The maximum absolute atomic E-state index is 12.1. The van der Waals surface area contributed by atoms with Gasteiger partial charge in [0, 0.05) is 11.1 Å². The number of benzene rings is 1. The number of nitrogens with one attached hydrogen (secondary N) is 3. The largest absolute Gasteiger partial charge is 0.340 e. The van der Waals surface area contributed by atoms with Gasteiger partial charge in [-0.15, -0.1) is 11.3 Å². The molecule has 3 aromatic rings. The van der Waals surface area contributed by atoms with E-state index in [0.717, 1.165) is 10.9 Å². The number of aromatic amines is 1. The first-order chi connectivity index (χ1) is 10.6. The highest BCUT2D eigenvalue weighted by atomic mass is 32.1. The Morgan fingerprint density at radius 1 is 1.32 bits per heavy atom. The molecule has 112 valence electrons. The van der Waals surface area contributed by atoms with Crippen molar-refractivity contribution in [1.29, 1.82) is 0 Å². The van der Waals surface area contributed by atoms with Gasteiger partial charge in [0.05, 0.1) is 16.6 Å². The summed E-state index contributed by atoms with van der Waals surface area (Å²) in [5.41, 5.74) is 1.56. The van der Waals surface area contributed by atoms with E-state index in [1.54, 1.807) is 31.3 Å². The molecule has 3 N–H and O–H groups in total. The van der Waals surface area contributed by atoms with E-state index < -0.39 is 6.04 Å². The van der Waals surface area contributed by atoms with Crippen molar-refractivity contribution in [3.05, 3.63) is 46.8 Å². The van der Waals surface area contributed by atoms with Crippen LogP contribution in [0.3, 0.4) is 0 Å². The van der Waals surface area contributed by atoms with E-state index in [0.29, 0.717) is 10.6 Å². The average molecular weight is 314 g/mol. The van der Waals surface area contributed by atoms with Crippen molar-refractivity contribution in [3.63, 3.8) is 0 Å². The zero-order chi connectivity index (χ0) is 15.5. The number of amides is 2. The zero-order valence-corrected chi connectivity index (χ0v) is 12.6. The van der Waals surface area contributed by atoms with Gasteiger partial charge in [0.1, 0.15) is 6.04 Å². The third-order valence-electron chi connectivity index (χ3n) is 3.19. The molecule has 0 saturated heterocycles. The molecule has 6 nitrogen and oxygen atoms in total. The van der Waals surface area contributed by atoms with Gasteiger partial charge in [0.25, 0.3) is 5.91 Å². The summed E-state index contributed by atoms with van der Waals surface area (Å²) in [4.78, 5) is 24.6. The molecule has 1 unspecified atom stereocenters. The molecule has 0 aliphatic carbocycles. The molecular weight excluding hydrogens is 300 g/mol. The zero-order valence-electron chi connectivity index (χ0n) is 11.8. The molecule has 3 rings (SSSR count). The number of nitrogens with zero attached hydrogens (tertiary/aromatic N) is 1. The Balaban J connectivity index is 1.64. The van der Waals surface area contributed by atoms with Crippen molar-refractivity contribution in [2.75, 3.05) is 5.32 Å². The van der Waals surface area contributed by atoms with Crippen molar-refractivity contribution in [2.24, 2.45) is 0 Å². The Morgan fingerprint density at radius 3 is 2.95 bits per heavy atom. The topological polar surface area (TPSA) is 86.9 Å². The molecule has 0 fully saturated rings. The molecule has 0 spiro atoms. The number of carbonyl (C=O) groups is 2. The van der Waals surface area contributed by atoms with Gasteiger partial charge in [-0.05, 0) is 36.6 Å². The Labute approximate surface area is 130 Å². The van der Waals surface area contributed by atoms with Crippen molar-refractivity contribution < 1.29 is 9.59 Å². The number of hydrogen-bond donors (Lipinski definition) is 3. The summed E-state index contributed by atoms with van der Waals surface area (Å²) < 4.78 is 0. The lowest BCUT2D eigenvalue weighted by Gasteiger charge is -2.13. The average Bonchev–Trinajstić information content (AvgIpc) is 3.18. The van der Waals surface area contributed by atoms with Crippen LogP contribution in [0.1, 0.15) is 16.6 Å². The summed E-state index contributed by atoms with van der Waals surface area (Å²) in [6.07, 6.45) is 1.69. The van der Waals surface area contributed by atoms with E-state index in [1.165, 1.54) is 11.3 Å². The molecule has 0 bridgehead atoms. The molecule has 0 aliphatic heterocycles. The maximum Gasteiger partial charge on any atom is 0.261 e. The number of fused-ring (bicyclic) bond motifs is 1. The normalized spacial score (nSPS) is 12.0. The number of H-pyrrole nitrogens is 1. The Bertz CT molecular complexity index is 810. The molecule has 1 aromatic carbocycles. The smallest absolute Gasteiger partial charge is 0.261 e. The van der Waals surface area contributed by atoms with Crippen LogP contribution in [0.5, 0.6) is 0 Å². The quantitative estimate of drug-likeness (QED) is 0.691. The minimum atomic E-state index is -0.630. The first-order valence-corrected chi connectivity index (χ1v) is 7.60. The van der Waals surface area contributed by atoms with E-state index in [9.17, 15) is 9.59 Å². The monoisotopic (exact) mass is 314 g/mol. The molecule has 0 aliphatic rings. The van der Waals surface area contributed by atoms with Crippen LogP contribution in [0.4, 0.5) is 5.69 Å². The second-order valence-electron chi connectivity index (χ2n) is 4.83. The van der Waals surface area contributed by atoms with Gasteiger partial charge in [0.15, 0.2) is 0 Å². The third kappa shape index (κ3) is 2.99. The van der Waals surface area contributed by atoms with Gasteiger partial charge in [-0.3, -0.25) is 14.7 Å². The van der Waals surface area contributed by atoms with Gasteiger partial charge in [-0.2, -0.15) is 5.10 Å². The number of carbonyl (C=O) groups excluding carboxylic acids is 2. The fourth-order valence-corrected chi connectivity index (χ4v) is 2.64. The van der Waals surface area contributed by atoms with Crippen LogP contribution in [0.15, 0.2) is 41.9 Å². The lowest BCUT2D eigenvalue weighted by atomic mass is 10.2. The minimum Gasteiger partial charge on any atom is -0.340 e. The van der Waals surface area contributed by atoms with Crippen LogP contribution in [0.2, 0.25) is 0 Å². The summed E-state index contributed by atoms with van der Waals surface area (Å²) >= 11 is 1.34. The maximum atomic E-state index is 12.1. The molecule has 2 aromatic heterocycles. The predicted molar refractivity (Wildman–Crippen MR) is 86.0 cm³/mol.